The molecule has 1 amide bonds. The molecule has 0 aromatic heterocycles. The fraction of sp³-hybridized carbons (Fsp3) is 0.308. The summed E-state index contributed by atoms with van der Waals surface area (Å²) in [5.74, 6) is -2.14. The Morgan fingerprint density at radius 3 is 2.47 bits per heavy atom. The molecule has 0 bridgehead atoms. The summed E-state index contributed by atoms with van der Waals surface area (Å²) in [5, 5.41) is 20.5. The van der Waals surface area contributed by atoms with Crippen molar-refractivity contribution in [1.82, 2.24) is 5.32 Å². The molecule has 1 aromatic carbocycles. The molecule has 0 saturated heterocycles. The first-order valence-electron chi connectivity index (χ1n) is 5.62. The molecule has 0 fully saturated rings. The van der Waals surface area contributed by atoms with Gasteiger partial charge in [-0.25, -0.2) is 4.79 Å². The van der Waals surface area contributed by atoms with E-state index < -0.39 is 23.8 Å². The highest BCUT2D eigenvalue weighted by molar-refractivity contribution is 6.30. The Morgan fingerprint density at radius 2 is 2.00 bits per heavy atom. The lowest BCUT2D eigenvalue weighted by atomic mass is 9.98. The number of hydrogen-bond donors (Lipinski definition) is 2. The predicted octanol–water partition coefficient (Wildman–Crippen LogP) is 2.07. The zero-order valence-electron chi connectivity index (χ0n) is 10.3. The maximum absolute atomic E-state index is 11.9. The molecule has 0 saturated carbocycles. The summed E-state index contributed by atoms with van der Waals surface area (Å²) in [4.78, 5) is 23.0. The largest absolute Gasteiger partial charge is 0.480 e. The van der Waals surface area contributed by atoms with Crippen molar-refractivity contribution in [2.75, 3.05) is 0 Å². The smallest absolute Gasteiger partial charge is 0.326 e. The highest BCUT2D eigenvalue weighted by atomic mass is 35.5. The summed E-state index contributed by atoms with van der Waals surface area (Å²) in [6.07, 6.45) is 0.0534. The van der Waals surface area contributed by atoms with Crippen LogP contribution in [0.4, 0.5) is 0 Å². The van der Waals surface area contributed by atoms with E-state index in [1.165, 1.54) is 12.1 Å². The summed E-state index contributed by atoms with van der Waals surface area (Å²) in [5.41, 5.74) is 0.319. The van der Waals surface area contributed by atoms with Gasteiger partial charge in [-0.05, 0) is 24.3 Å². The van der Waals surface area contributed by atoms with Gasteiger partial charge >= 0.3 is 5.97 Å². The van der Waals surface area contributed by atoms with E-state index in [2.05, 4.69) is 5.32 Å². The number of carbonyl (C=O) groups is 2. The molecule has 0 unspecified atom stereocenters. The number of carboxylic acid groups (broad SMARTS) is 1. The number of amides is 1. The third-order valence-electron chi connectivity index (χ3n) is 2.64. The van der Waals surface area contributed by atoms with Crippen LogP contribution in [0.5, 0.6) is 0 Å². The molecule has 0 radical (unpaired) electrons. The third kappa shape index (κ3) is 4.27. The van der Waals surface area contributed by atoms with Gasteiger partial charge in [0.15, 0.2) is 0 Å². The zero-order chi connectivity index (χ0) is 14.4. The number of carbonyl (C=O) groups excluding carboxylic acids is 1. The average molecular weight is 281 g/mol. The van der Waals surface area contributed by atoms with Gasteiger partial charge in [0, 0.05) is 22.9 Å². The number of halogens is 1. The van der Waals surface area contributed by atoms with E-state index in [0.717, 1.165) is 0 Å². The topological polar surface area (TPSA) is 90.2 Å². The van der Waals surface area contributed by atoms with Crippen molar-refractivity contribution in [3.63, 3.8) is 0 Å². The monoisotopic (exact) mass is 280 g/mol. The second kappa shape index (κ2) is 6.76. The number of aliphatic carboxylic acids is 1. The third-order valence-corrected chi connectivity index (χ3v) is 2.89. The standard InChI is InChI=1S/C13H13ClN2O3/c1-8(6-7-15)11(13(18)19)16-12(17)9-2-4-10(14)5-3-9/h2-5,8,11H,6H2,1H3,(H,16,17)(H,18,19)/t8-,11+/m0/s1. The number of carboxylic acids is 1. The van der Waals surface area contributed by atoms with Crippen molar-refractivity contribution in [1.29, 1.82) is 5.26 Å². The van der Waals surface area contributed by atoms with Gasteiger partial charge in [-0.1, -0.05) is 18.5 Å². The highest BCUT2D eigenvalue weighted by Gasteiger charge is 2.26. The molecule has 2 N–H and O–H groups in total. The first kappa shape index (κ1) is 15.0. The maximum atomic E-state index is 11.9. The van der Waals surface area contributed by atoms with Crippen molar-refractivity contribution in [3.05, 3.63) is 34.9 Å². The quantitative estimate of drug-likeness (QED) is 0.864. The lowest BCUT2D eigenvalue weighted by Gasteiger charge is -2.19. The van der Waals surface area contributed by atoms with Crippen LogP contribution >= 0.6 is 11.6 Å². The normalized spacial score (nSPS) is 13.1. The number of rotatable bonds is 5. The Hall–Kier alpha value is -2.06. The average Bonchev–Trinajstić information content (AvgIpc) is 2.36. The lowest BCUT2D eigenvalue weighted by Crippen LogP contribution is -2.45. The van der Waals surface area contributed by atoms with Gasteiger partial charge in [0.25, 0.3) is 5.91 Å². The summed E-state index contributed by atoms with van der Waals surface area (Å²) in [6.45, 7) is 1.60. The zero-order valence-corrected chi connectivity index (χ0v) is 11.0. The number of nitrogens with one attached hydrogen (secondary N) is 1. The van der Waals surface area contributed by atoms with Crippen LogP contribution in [-0.2, 0) is 4.79 Å². The van der Waals surface area contributed by atoms with Crippen LogP contribution < -0.4 is 5.32 Å². The molecule has 19 heavy (non-hydrogen) atoms. The van der Waals surface area contributed by atoms with Crippen LogP contribution in [-0.4, -0.2) is 23.0 Å². The minimum Gasteiger partial charge on any atom is -0.480 e. The number of nitrogens with zero attached hydrogens (tertiary/aromatic N) is 1. The van der Waals surface area contributed by atoms with E-state index in [1.54, 1.807) is 19.1 Å². The van der Waals surface area contributed by atoms with E-state index in [-0.39, 0.29) is 6.42 Å². The molecule has 0 aliphatic rings. The second-order valence-corrected chi connectivity index (χ2v) is 4.57. The first-order chi connectivity index (χ1) is 8.95. The molecule has 100 valence electrons. The van der Waals surface area contributed by atoms with Crippen LogP contribution in [0.15, 0.2) is 24.3 Å². The van der Waals surface area contributed by atoms with Gasteiger partial charge in [0.05, 0.1) is 6.07 Å². The van der Waals surface area contributed by atoms with Gasteiger partial charge in [-0.3, -0.25) is 4.79 Å². The van der Waals surface area contributed by atoms with Crippen molar-refractivity contribution < 1.29 is 14.7 Å². The SMILES string of the molecule is C[C@@H](CC#N)[C@@H](NC(=O)c1ccc(Cl)cc1)C(=O)O. The summed E-state index contributed by atoms with van der Waals surface area (Å²) in [7, 11) is 0. The maximum Gasteiger partial charge on any atom is 0.326 e. The molecule has 1 aromatic rings. The molecular formula is C13H13ClN2O3. The van der Waals surface area contributed by atoms with Crippen LogP contribution in [0, 0.1) is 17.2 Å². The fourth-order valence-corrected chi connectivity index (χ4v) is 1.66. The van der Waals surface area contributed by atoms with Gasteiger partial charge < -0.3 is 10.4 Å². The van der Waals surface area contributed by atoms with Crippen molar-refractivity contribution in [2.45, 2.75) is 19.4 Å². The van der Waals surface area contributed by atoms with Gasteiger partial charge in [-0.2, -0.15) is 5.26 Å². The van der Waals surface area contributed by atoms with E-state index in [0.29, 0.717) is 10.6 Å². The molecule has 0 spiro atoms. The van der Waals surface area contributed by atoms with Gasteiger partial charge in [0.2, 0.25) is 0 Å². The number of nitriles is 1. The van der Waals surface area contributed by atoms with E-state index in [9.17, 15) is 9.59 Å². The van der Waals surface area contributed by atoms with E-state index in [1.807, 2.05) is 6.07 Å². The number of benzene rings is 1. The van der Waals surface area contributed by atoms with E-state index in [4.69, 9.17) is 22.0 Å². The minimum absolute atomic E-state index is 0.0534. The Balaban J connectivity index is 2.80. The molecule has 0 aliphatic carbocycles. The van der Waals surface area contributed by atoms with Gasteiger partial charge in [-0.15, -0.1) is 0 Å². The predicted molar refractivity (Wildman–Crippen MR) is 69.7 cm³/mol. The van der Waals surface area contributed by atoms with Crippen LogP contribution in [0.1, 0.15) is 23.7 Å². The molecule has 0 aliphatic heterocycles. The highest BCUT2D eigenvalue weighted by Crippen LogP contribution is 2.12. The van der Waals surface area contributed by atoms with Crippen molar-refractivity contribution in [2.24, 2.45) is 5.92 Å². The Bertz CT molecular complexity index is 508. The Labute approximate surface area is 115 Å². The fourth-order valence-electron chi connectivity index (χ4n) is 1.54. The second-order valence-electron chi connectivity index (χ2n) is 4.14. The summed E-state index contributed by atoms with van der Waals surface area (Å²) in [6, 6.07) is 6.90. The molecule has 0 heterocycles. The summed E-state index contributed by atoms with van der Waals surface area (Å²) >= 11 is 5.70. The Morgan fingerprint density at radius 1 is 1.42 bits per heavy atom. The van der Waals surface area contributed by atoms with Gasteiger partial charge in [0.1, 0.15) is 6.04 Å². The molecular weight excluding hydrogens is 268 g/mol. The molecule has 5 nitrogen and oxygen atoms in total. The summed E-state index contributed by atoms with van der Waals surface area (Å²) < 4.78 is 0. The van der Waals surface area contributed by atoms with Crippen LogP contribution in [0.25, 0.3) is 0 Å². The number of hydrogen-bond acceptors (Lipinski definition) is 3. The van der Waals surface area contributed by atoms with Crippen molar-refractivity contribution >= 4 is 23.5 Å². The first-order valence-corrected chi connectivity index (χ1v) is 5.99. The van der Waals surface area contributed by atoms with E-state index >= 15 is 0 Å². The lowest BCUT2D eigenvalue weighted by molar-refractivity contribution is -0.140. The minimum atomic E-state index is -1.16. The van der Waals surface area contributed by atoms with Crippen molar-refractivity contribution in [3.8, 4) is 6.07 Å². The Kier molecular flexibility index (Phi) is 5.34. The van der Waals surface area contributed by atoms with Crippen LogP contribution in [0.3, 0.4) is 0 Å². The molecule has 2 atom stereocenters. The van der Waals surface area contributed by atoms with Crippen LogP contribution in [0.2, 0.25) is 5.02 Å². The molecule has 6 heteroatoms. The molecule has 1 rings (SSSR count).